The second kappa shape index (κ2) is 28.4. The van der Waals surface area contributed by atoms with E-state index in [-0.39, 0.29) is 42.3 Å². The van der Waals surface area contributed by atoms with Gasteiger partial charge in [-0.1, -0.05) is 24.3 Å². The van der Waals surface area contributed by atoms with Crippen molar-refractivity contribution in [3.8, 4) is 89.4 Å². The first-order chi connectivity index (χ1) is 40.6. The van der Waals surface area contributed by atoms with E-state index < -0.39 is 11.6 Å². The number of thiophene rings is 2. The summed E-state index contributed by atoms with van der Waals surface area (Å²) in [6.45, 7) is 6.98. The summed E-state index contributed by atoms with van der Waals surface area (Å²) in [5, 5.41) is 30.2. The molecule has 10 aromatic rings. The Bertz CT molecular complexity index is 3780. The van der Waals surface area contributed by atoms with E-state index in [9.17, 15) is 28.6 Å². The lowest BCUT2D eigenvalue weighted by atomic mass is 10.1. The standard InChI is InChI=1S/C35H34FNO6S.C31H26FNO6S/c1-35(2,3)43-32(39)22-40-18-4-5-19-41-28-15-17-30(37-21-28)23-8-13-27(14-9-23)42-33-29-16-12-26(38)20-31(29)44-34(33)24-6-10-25(36)11-7-24;32-22-7-3-21(4-8-22)31-30(26-13-9-23(34)17-28(26)40-31)39-24-10-5-20(6-11-24)27-14-12-25(18-33-27)38-16-2-1-15-37-19-29(35)36/h6-17,20-21,38H,4-5,18-19,22H2,1-3H3;3-14,17-18,34H,1-2,15-16,19H2,(H,35,36). The lowest BCUT2D eigenvalue weighted by Gasteiger charge is -2.19. The largest absolute Gasteiger partial charge is 0.508 e. The number of hydrogen-bond acceptors (Lipinski definition) is 15. The number of rotatable bonds is 24. The molecule has 0 atom stereocenters. The van der Waals surface area contributed by atoms with Crippen molar-refractivity contribution in [3.05, 3.63) is 182 Å². The van der Waals surface area contributed by atoms with Gasteiger partial charge in [-0.3, -0.25) is 9.97 Å². The quantitative estimate of drug-likeness (QED) is 0.0383. The van der Waals surface area contributed by atoms with Gasteiger partial charge in [0.2, 0.25) is 0 Å². The number of phenolic OH excluding ortho intramolecular Hbond substituents is 2. The van der Waals surface area contributed by atoms with Gasteiger partial charge >= 0.3 is 11.9 Å². The van der Waals surface area contributed by atoms with Crippen LogP contribution in [0.3, 0.4) is 0 Å². The molecule has 4 aromatic heterocycles. The normalized spacial score (nSPS) is 11.2. The summed E-state index contributed by atoms with van der Waals surface area (Å²) in [6, 6.07) is 45.6. The number of benzene rings is 6. The number of unbranched alkanes of at least 4 members (excludes halogenated alkanes) is 2. The summed E-state index contributed by atoms with van der Waals surface area (Å²) in [5.41, 5.74) is 4.55. The van der Waals surface area contributed by atoms with Crippen LogP contribution in [0.2, 0.25) is 0 Å². The Morgan fingerprint density at radius 3 is 1.27 bits per heavy atom. The van der Waals surface area contributed by atoms with E-state index in [2.05, 4.69) is 9.97 Å². The fourth-order valence-corrected chi connectivity index (χ4v) is 10.8. The van der Waals surface area contributed by atoms with E-state index in [1.54, 1.807) is 60.9 Å². The summed E-state index contributed by atoms with van der Waals surface area (Å²) in [4.78, 5) is 32.8. The predicted molar refractivity (Wildman–Crippen MR) is 322 cm³/mol. The first kappa shape index (κ1) is 59.7. The predicted octanol–water partition coefficient (Wildman–Crippen LogP) is 16.3. The maximum atomic E-state index is 13.6. The number of carbonyl (C=O) groups excluding carboxylic acids is 1. The van der Waals surface area contributed by atoms with Gasteiger partial charge in [-0.2, -0.15) is 0 Å². The first-order valence-electron chi connectivity index (χ1n) is 27.0. The molecule has 0 unspecified atom stereocenters. The second-order valence-electron chi connectivity index (χ2n) is 20.1. The zero-order valence-electron chi connectivity index (χ0n) is 46.2. The zero-order chi connectivity index (χ0) is 59.0. The van der Waals surface area contributed by atoms with Crippen molar-refractivity contribution >= 4 is 54.8 Å². The minimum atomic E-state index is -0.974. The molecule has 18 heteroatoms. The van der Waals surface area contributed by atoms with Gasteiger partial charge < -0.3 is 48.5 Å². The highest BCUT2D eigenvalue weighted by Gasteiger charge is 2.20. The molecule has 0 radical (unpaired) electrons. The highest BCUT2D eigenvalue weighted by Crippen LogP contribution is 2.49. The summed E-state index contributed by atoms with van der Waals surface area (Å²) in [5.74, 6) is 2.28. The molecule has 0 amide bonds. The van der Waals surface area contributed by atoms with Crippen LogP contribution in [0.25, 0.3) is 63.6 Å². The van der Waals surface area contributed by atoms with E-state index in [1.807, 2.05) is 106 Å². The fourth-order valence-electron chi connectivity index (χ4n) is 8.48. The van der Waals surface area contributed by atoms with Crippen LogP contribution in [-0.2, 0) is 23.8 Å². The van der Waals surface area contributed by atoms with Gasteiger partial charge in [-0.15, -0.1) is 22.7 Å². The first-order valence-corrected chi connectivity index (χ1v) is 28.6. The van der Waals surface area contributed by atoms with Gasteiger partial charge in [0, 0.05) is 44.5 Å². The topological polar surface area (TPSA) is 185 Å². The molecule has 4 heterocycles. The number of carboxylic acids is 1. The van der Waals surface area contributed by atoms with Crippen LogP contribution in [0, 0.1) is 11.6 Å². The Labute approximate surface area is 492 Å². The Hall–Kier alpha value is -8.94. The van der Waals surface area contributed by atoms with Crippen LogP contribution in [-0.4, -0.2) is 82.5 Å². The summed E-state index contributed by atoms with van der Waals surface area (Å²) in [7, 11) is 0. The molecule has 0 bridgehead atoms. The van der Waals surface area contributed by atoms with Crippen molar-refractivity contribution in [2.75, 3.05) is 39.6 Å². The number of pyridine rings is 2. The Balaban J connectivity index is 0.000000202. The molecule has 0 saturated carbocycles. The molecular formula is C66H60F2N2O12S2. The molecule has 14 nitrogen and oxygen atoms in total. The van der Waals surface area contributed by atoms with Crippen LogP contribution in [0.5, 0.6) is 46.0 Å². The molecule has 0 saturated heterocycles. The minimum Gasteiger partial charge on any atom is -0.508 e. The highest BCUT2D eigenvalue weighted by molar-refractivity contribution is 7.23. The Kier molecular flexibility index (Phi) is 20.1. The van der Waals surface area contributed by atoms with Gasteiger partial charge in [-0.05, 0) is 191 Å². The lowest BCUT2D eigenvalue weighted by molar-refractivity contribution is -0.160. The number of carboxylic acid groups (broad SMARTS) is 1. The third-order valence-electron chi connectivity index (χ3n) is 12.5. The van der Waals surface area contributed by atoms with Gasteiger partial charge in [0.25, 0.3) is 0 Å². The van der Waals surface area contributed by atoms with Crippen LogP contribution in [0.4, 0.5) is 8.78 Å². The number of aromatic hydroxyl groups is 2. The van der Waals surface area contributed by atoms with Crippen molar-refractivity contribution in [1.82, 2.24) is 9.97 Å². The third kappa shape index (κ3) is 16.8. The zero-order valence-corrected chi connectivity index (χ0v) is 47.9. The van der Waals surface area contributed by atoms with Crippen LogP contribution < -0.4 is 18.9 Å². The summed E-state index contributed by atoms with van der Waals surface area (Å²) >= 11 is 2.95. The number of aromatic nitrogens is 2. The fraction of sp³-hybridized carbons (Fsp3) is 0.212. The number of nitrogens with zero attached hydrogens (tertiary/aromatic N) is 2. The molecule has 0 spiro atoms. The molecule has 0 fully saturated rings. The maximum absolute atomic E-state index is 13.6. The Morgan fingerprint density at radius 1 is 0.488 bits per heavy atom. The van der Waals surface area contributed by atoms with E-state index in [1.165, 1.54) is 46.9 Å². The number of aliphatic carboxylic acids is 1. The summed E-state index contributed by atoms with van der Waals surface area (Å²) < 4.78 is 68.7. The molecule has 10 rings (SSSR count). The molecule has 0 aliphatic rings. The Morgan fingerprint density at radius 2 is 0.881 bits per heavy atom. The molecule has 432 valence electrons. The minimum absolute atomic E-state index is 0.0517. The number of carbonyl (C=O) groups is 2. The van der Waals surface area contributed by atoms with Crippen molar-refractivity contribution in [2.45, 2.75) is 52.1 Å². The molecular weight excluding hydrogens is 1110 g/mol. The molecule has 3 N–H and O–H groups in total. The molecule has 6 aromatic carbocycles. The average Bonchev–Trinajstić information content (AvgIpc) is 2.37. The number of ether oxygens (including phenoxy) is 7. The van der Waals surface area contributed by atoms with Crippen molar-refractivity contribution < 1.29 is 66.8 Å². The monoisotopic (exact) mass is 1170 g/mol. The van der Waals surface area contributed by atoms with Crippen molar-refractivity contribution in [1.29, 1.82) is 0 Å². The van der Waals surface area contributed by atoms with Gasteiger partial charge in [-0.25, -0.2) is 18.4 Å². The van der Waals surface area contributed by atoms with Crippen LogP contribution in [0.15, 0.2) is 170 Å². The second-order valence-corrected chi connectivity index (χ2v) is 22.2. The highest BCUT2D eigenvalue weighted by atomic mass is 32.1. The third-order valence-corrected chi connectivity index (χ3v) is 14.8. The van der Waals surface area contributed by atoms with Crippen LogP contribution in [0.1, 0.15) is 46.5 Å². The number of hydrogen-bond donors (Lipinski definition) is 3. The van der Waals surface area contributed by atoms with E-state index in [4.69, 9.17) is 38.3 Å². The van der Waals surface area contributed by atoms with Crippen molar-refractivity contribution in [2.24, 2.45) is 0 Å². The van der Waals surface area contributed by atoms with E-state index in [0.29, 0.717) is 67.3 Å². The number of halogens is 2. The van der Waals surface area contributed by atoms with Gasteiger partial charge in [0.05, 0.1) is 46.7 Å². The van der Waals surface area contributed by atoms with Crippen LogP contribution >= 0.6 is 22.7 Å². The lowest BCUT2D eigenvalue weighted by Crippen LogP contribution is -2.26. The number of fused-ring (bicyclic) bond motifs is 2. The number of esters is 1. The van der Waals surface area contributed by atoms with Gasteiger partial charge in [0.1, 0.15) is 64.9 Å². The smallest absolute Gasteiger partial charge is 0.332 e. The summed E-state index contributed by atoms with van der Waals surface area (Å²) in [6.07, 6.45) is 6.36. The van der Waals surface area contributed by atoms with E-state index >= 15 is 0 Å². The maximum Gasteiger partial charge on any atom is 0.332 e. The van der Waals surface area contributed by atoms with Gasteiger partial charge in [0.15, 0.2) is 11.5 Å². The average molecular weight is 1180 g/mol. The van der Waals surface area contributed by atoms with Crippen molar-refractivity contribution in [3.63, 3.8) is 0 Å². The number of phenols is 2. The molecule has 0 aliphatic heterocycles. The SMILES string of the molecule is CC(C)(C)OC(=O)COCCCCOc1ccc(-c2ccc(Oc3c(-c4ccc(F)cc4)sc4cc(O)ccc34)cc2)nc1.O=C(O)COCCCCOc1ccc(-c2ccc(Oc3c(-c4ccc(F)cc4)sc4cc(O)ccc34)cc2)nc1. The molecule has 84 heavy (non-hydrogen) atoms. The van der Waals surface area contributed by atoms with E-state index in [0.717, 1.165) is 82.8 Å². The molecule has 0 aliphatic carbocycles.